The molecule has 0 aliphatic heterocycles. The number of pyridine rings is 1. The lowest BCUT2D eigenvalue weighted by Gasteiger charge is -2.18. The van der Waals surface area contributed by atoms with Crippen LogP contribution in [0.15, 0.2) is 36.7 Å². The van der Waals surface area contributed by atoms with E-state index < -0.39 is 18.2 Å². The number of fused-ring (bicyclic) bond motifs is 1. The molecule has 106 valence electrons. The summed E-state index contributed by atoms with van der Waals surface area (Å²) in [6.07, 6.45) is 0.530. The van der Waals surface area contributed by atoms with Crippen molar-refractivity contribution in [3.8, 4) is 0 Å². The van der Waals surface area contributed by atoms with Gasteiger partial charge in [0.15, 0.2) is 0 Å². The minimum atomic E-state index is -1.22. The van der Waals surface area contributed by atoms with Crippen molar-refractivity contribution in [2.75, 3.05) is 6.61 Å². The number of aliphatic hydroxyl groups is 2. The van der Waals surface area contributed by atoms with E-state index >= 15 is 0 Å². The Balaban J connectivity index is 2.22. The first-order valence-corrected chi connectivity index (χ1v) is 6.48. The van der Waals surface area contributed by atoms with Gasteiger partial charge in [-0.15, -0.1) is 0 Å². The third-order valence-electron chi connectivity index (χ3n) is 3.06. The fourth-order valence-electron chi connectivity index (χ4n) is 2.09. The molecule has 0 saturated heterocycles. The van der Waals surface area contributed by atoms with Crippen LogP contribution in [0.2, 0.25) is 0 Å². The lowest BCUT2D eigenvalue weighted by Crippen LogP contribution is -2.23. The van der Waals surface area contributed by atoms with E-state index in [-0.39, 0.29) is 13.0 Å². The normalized spacial score (nSPS) is 13.9. The van der Waals surface area contributed by atoms with Crippen LogP contribution in [0.1, 0.15) is 25.0 Å². The summed E-state index contributed by atoms with van der Waals surface area (Å²) in [5.74, 6) is -0.535. The van der Waals surface area contributed by atoms with E-state index in [0.717, 1.165) is 10.8 Å². The Morgan fingerprint density at radius 1 is 1.30 bits per heavy atom. The lowest BCUT2D eigenvalue weighted by molar-refractivity contribution is -0.147. The summed E-state index contributed by atoms with van der Waals surface area (Å²) in [4.78, 5) is 15.4. The molecule has 1 aromatic heterocycles. The van der Waals surface area contributed by atoms with Crippen LogP contribution >= 0.6 is 0 Å². The highest BCUT2D eigenvalue weighted by molar-refractivity contribution is 5.85. The highest BCUT2D eigenvalue weighted by Gasteiger charge is 2.23. The molecule has 0 radical (unpaired) electrons. The Labute approximate surface area is 116 Å². The number of hydrogen-bond donors (Lipinski definition) is 2. The average Bonchev–Trinajstić information content (AvgIpc) is 2.46. The van der Waals surface area contributed by atoms with Crippen molar-refractivity contribution in [2.24, 2.45) is 0 Å². The van der Waals surface area contributed by atoms with Crippen molar-refractivity contribution in [3.05, 3.63) is 42.2 Å². The second-order valence-electron chi connectivity index (χ2n) is 4.47. The summed E-state index contributed by atoms with van der Waals surface area (Å²) in [5.41, 5.74) is 0.500. The van der Waals surface area contributed by atoms with Crippen molar-refractivity contribution < 1.29 is 19.7 Å². The van der Waals surface area contributed by atoms with Crippen LogP contribution in [0.4, 0.5) is 0 Å². The molecule has 1 aromatic carbocycles. The molecule has 5 heteroatoms. The SMILES string of the molecule is CCOC(=O)CC(O)C(O)c1cncc2ccccc12. The zero-order valence-electron chi connectivity index (χ0n) is 11.2. The molecular weight excluding hydrogens is 258 g/mol. The molecule has 1 heterocycles. The molecule has 0 fully saturated rings. The summed E-state index contributed by atoms with van der Waals surface area (Å²) in [7, 11) is 0. The van der Waals surface area contributed by atoms with Crippen molar-refractivity contribution in [1.82, 2.24) is 4.98 Å². The second kappa shape index (κ2) is 6.45. The number of carbonyl (C=O) groups excluding carboxylic acids is 1. The molecule has 0 spiro atoms. The summed E-state index contributed by atoms with van der Waals surface area (Å²) < 4.78 is 4.76. The number of nitrogens with zero attached hydrogens (tertiary/aromatic N) is 1. The quantitative estimate of drug-likeness (QED) is 0.810. The molecule has 20 heavy (non-hydrogen) atoms. The molecule has 0 saturated carbocycles. The minimum absolute atomic E-state index is 0.247. The zero-order valence-corrected chi connectivity index (χ0v) is 11.2. The van der Waals surface area contributed by atoms with Gasteiger partial charge in [-0.05, 0) is 12.3 Å². The average molecular weight is 275 g/mol. The first-order chi connectivity index (χ1) is 9.63. The first kappa shape index (κ1) is 14.4. The van der Waals surface area contributed by atoms with Crippen LogP contribution in [0, 0.1) is 0 Å². The number of hydrogen-bond acceptors (Lipinski definition) is 5. The van der Waals surface area contributed by atoms with Crippen LogP contribution in [0.5, 0.6) is 0 Å². The van der Waals surface area contributed by atoms with E-state index in [4.69, 9.17) is 4.74 Å². The standard InChI is InChI=1S/C15H17NO4/c1-2-20-14(18)7-13(17)15(19)12-9-16-8-10-5-3-4-6-11(10)12/h3-6,8-9,13,15,17,19H,2,7H2,1H3. The van der Waals surface area contributed by atoms with Crippen molar-refractivity contribution in [3.63, 3.8) is 0 Å². The van der Waals surface area contributed by atoms with E-state index in [9.17, 15) is 15.0 Å². The van der Waals surface area contributed by atoms with Crippen molar-refractivity contribution >= 4 is 16.7 Å². The molecule has 2 rings (SSSR count). The predicted molar refractivity (Wildman–Crippen MR) is 74.0 cm³/mol. The first-order valence-electron chi connectivity index (χ1n) is 6.48. The van der Waals surface area contributed by atoms with Gasteiger partial charge in [0.05, 0.1) is 19.1 Å². The third kappa shape index (κ3) is 3.12. The fraction of sp³-hybridized carbons (Fsp3) is 0.333. The highest BCUT2D eigenvalue weighted by atomic mass is 16.5. The number of esters is 1. The Bertz CT molecular complexity index is 594. The van der Waals surface area contributed by atoms with Gasteiger partial charge in [0.1, 0.15) is 6.10 Å². The molecule has 0 aliphatic rings. The zero-order chi connectivity index (χ0) is 14.5. The Morgan fingerprint density at radius 2 is 2.05 bits per heavy atom. The van der Waals surface area contributed by atoms with E-state index in [0.29, 0.717) is 5.56 Å². The number of ether oxygens (including phenoxy) is 1. The monoisotopic (exact) mass is 275 g/mol. The minimum Gasteiger partial charge on any atom is -0.466 e. The maximum Gasteiger partial charge on any atom is 0.308 e. The Kier molecular flexibility index (Phi) is 4.65. The maximum atomic E-state index is 11.3. The summed E-state index contributed by atoms with van der Waals surface area (Å²) in [5, 5.41) is 21.8. The summed E-state index contributed by atoms with van der Waals surface area (Å²) >= 11 is 0. The van der Waals surface area contributed by atoms with Gasteiger partial charge in [-0.2, -0.15) is 0 Å². The van der Waals surface area contributed by atoms with Crippen molar-refractivity contribution in [1.29, 1.82) is 0 Å². The van der Waals surface area contributed by atoms with E-state index in [1.807, 2.05) is 24.3 Å². The number of benzene rings is 1. The van der Waals surface area contributed by atoms with Gasteiger partial charge >= 0.3 is 5.97 Å². The molecule has 2 N–H and O–H groups in total. The van der Waals surface area contributed by atoms with Gasteiger partial charge in [0, 0.05) is 23.3 Å². The summed E-state index contributed by atoms with van der Waals surface area (Å²) in [6, 6.07) is 7.43. The van der Waals surface area contributed by atoms with Crippen LogP contribution in [-0.4, -0.2) is 33.9 Å². The van der Waals surface area contributed by atoms with Crippen LogP contribution in [0.3, 0.4) is 0 Å². The third-order valence-corrected chi connectivity index (χ3v) is 3.06. The molecular formula is C15H17NO4. The van der Waals surface area contributed by atoms with Crippen molar-refractivity contribution in [2.45, 2.75) is 25.6 Å². The molecule has 2 atom stereocenters. The van der Waals surface area contributed by atoms with Gasteiger partial charge in [-0.1, -0.05) is 24.3 Å². The summed E-state index contributed by atoms with van der Waals surface area (Å²) in [6.45, 7) is 1.94. The number of carbonyl (C=O) groups is 1. The fourth-order valence-corrected chi connectivity index (χ4v) is 2.09. The molecule has 0 aliphatic carbocycles. The van der Waals surface area contributed by atoms with Gasteiger partial charge in [-0.25, -0.2) is 0 Å². The molecule has 0 bridgehead atoms. The predicted octanol–water partition coefficient (Wildman–Crippen LogP) is 1.58. The van der Waals surface area contributed by atoms with Gasteiger partial charge in [0.25, 0.3) is 0 Å². The van der Waals surface area contributed by atoms with E-state index in [1.54, 1.807) is 13.1 Å². The molecule has 0 amide bonds. The molecule has 5 nitrogen and oxygen atoms in total. The smallest absolute Gasteiger partial charge is 0.308 e. The molecule has 2 unspecified atom stereocenters. The number of aromatic nitrogens is 1. The molecule has 2 aromatic rings. The topological polar surface area (TPSA) is 79.7 Å². The Hall–Kier alpha value is -1.98. The maximum absolute atomic E-state index is 11.3. The van der Waals surface area contributed by atoms with Gasteiger partial charge in [0.2, 0.25) is 0 Å². The van der Waals surface area contributed by atoms with Crippen LogP contribution < -0.4 is 0 Å². The van der Waals surface area contributed by atoms with Crippen LogP contribution in [0.25, 0.3) is 10.8 Å². The van der Waals surface area contributed by atoms with E-state index in [2.05, 4.69) is 4.98 Å². The van der Waals surface area contributed by atoms with E-state index in [1.165, 1.54) is 6.20 Å². The van der Waals surface area contributed by atoms with Gasteiger partial charge < -0.3 is 14.9 Å². The van der Waals surface area contributed by atoms with Crippen LogP contribution in [-0.2, 0) is 9.53 Å². The number of aliphatic hydroxyl groups excluding tert-OH is 2. The second-order valence-corrected chi connectivity index (χ2v) is 4.47. The lowest BCUT2D eigenvalue weighted by atomic mass is 9.98. The largest absolute Gasteiger partial charge is 0.466 e. The highest BCUT2D eigenvalue weighted by Crippen LogP contribution is 2.26. The van der Waals surface area contributed by atoms with Gasteiger partial charge in [-0.3, -0.25) is 9.78 Å². The Morgan fingerprint density at radius 3 is 2.80 bits per heavy atom. The number of rotatable bonds is 5.